The lowest BCUT2D eigenvalue weighted by atomic mass is 9.96. The second-order valence-corrected chi connectivity index (χ2v) is 2.58. The maximum absolute atomic E-state index is 10.5. The van der Waals surface area contributed by atoms with E-state index in [1.807, 2.05) is 5.73 Å². The van der Waals surface area contributed by atoms with E-state index in [-0.39, 0.29) is 5.91 Å². The minimum absolute atomic E-state index is 0.252. The van der Waals surface area contributed by atoms with E-state index < -0.39 is 5.41 Å². The van der Waals surface area contributed by atoms with Gasteiger partial charge in [0.05, 0.1) is 0 Å². The van der Waals surface area contributed by atoms with Crippen LogP contribution in [0.3, 0.4) is 0 Å². The highest BCUT2D eigenvalue weighted by atomic mass is 16.1. The van der Waals surface area contributed by atoms with Gasteiger partial charge in [-0.3, -0.25) is 4.79 Å². The molecule has 2 nitrogen and oxygen atoms in total. The fourth-order valence-corrected chi connectivity index (χ4v) is 0. The summed E-state index contributed by atoms with van der Waals surface area (Å²) in [5.41, 5.74) is 1.39. The lowest BCUT2D eigenvalue weighted by Crippen LogP contribution is -2.27. The van der Waals surface area contributed by atoms with E-state index in [1.165, 1.54) is 0 Å². The summed E-state index contributed by atoms with van der Waals surface area (Å²) in [6.45, 7) is 5.28. The van der Waals surface area contributed by atoms with Gasteiger partial charge in [0.25, 0.3) is 0 Å². The Morgan fingerprint density at radius 2 is 2.14 bits per heavy atom. The Hall–Kier alpha value is -0.530. The van der Waals surface area contributed by atoms with E-state index in [2.05, 4.69) is 0 Å². The van der Waals surface area contributed by atoms with Crippen LogP contribution in [0.1, 0.15) is 20.8 Å². The van der Waals surface area contributed by atoms with Gasteiger partial charge in [0, 0.05) is 5.41 Å². The molecule has 0 fully saturated rings. The number of hydrogen-bond donors (Lipinski definition) is 1. The molecule has 1 amide bonds. The van der Waals surface area contributed by atoms with Crippen molar-refractivity contribution in [2.24, 2.45) is 11.1 Å². The summed E-state index contributed by atoms with van der Waals surface area (Å²) in [5.74, 6) is -0.252. The van der Waals surface area contributed by atoms with Crippen molar-refractivity contribution >= 4 is 5.91 Å². The standard InChI is InChI=1S/C5H11NO/c1-5(2,3)4(6)7/h1-3H3,(H2,6,7)/i/hD. The molecule has 0 aromatic carbocycles. The van der Waals surface area contributed by atoms with Gasteiger partial charge in [-0.2, -0.15) is 0 Å². The highest BCUT2D eigenvalue weighted by molar-refractivity contribution is 5.79. The van der Waals surface area contributed by atoms with Crippen LogP contribution in [0.15, 0.2) is 0 Å². The summed E-state index contributed by atoms with van der Waals surface area (Å²) in [4.78, 5) is 10.5. The van der Waals surface area contributed by atoms with Gasteiger partial charge in [0.15, 0.2) is 1.41 Å². The zero-order chi connectivity index (χ0) is 6.78. The molecule has 2 heteroatoms. The van der Waals surface area contributed by atoms with Gasteiger partial charge in [0.2, 0.25) is 5.91 Å². The molecule has 0 aliphatic heterocycles. The molecule has 0 spiro atoms. The molecule has 2 N–H and O–H groups in total. The van der Waals surface area contributed by atoms with Crippen molar-refractivity contribution in [3.8, 4) is 0 Å². The Balaban J connectivity index is 3.82. The number of primary amides is 1. The first kappa shape index (κ1) is 4.62. The predicted octanol–water partition coefficient (Wildman–Crippen LogP) is 0.518. The minimum atomic E-state index is -0.429. The van der Waals surface area contributed by atoms with Gasteiger partial charge in [-0.05, 0) is 0 Å². The second-order valence-electron chi connectivity index (χ2n) is 2.58. The third kappa shape index (κ3) is 2.20. The van der Waals surface area contributed by atoms with E-state index in [0.717, 1.165) is 0 Å². The summed E-state index contributed by atoms with van der Waals surface area (Å²) in [5, 5.41) is 0. The quantitative estimate of drug-likeness (QED) is 0.476. The van der Waals surface area contributed by atoms with Crippen LogP contribution >= 0.6 is 0 Å². The maximum Gasteiger partial charge on any atom is 0.222 e. The van der Waals surface area contributed by atoms with Crippen LogP contribution < -0.4 is 5.73 Å². The minimum Gasteiger partial charge on any atom is -0.369 e. The number of rotatable bonds is 0. The molecule has 0 aliphatic carbocycles. The highest BCUT2D eigenvalue weighted by Crippen LogP contribution is 2.09. The monoisotopic (exact) mass is 102 g/mol. The predicted molar refractivity (Wildman–Crippen MR) is 28.6 cm³/mol. The molecule has 0 aromatic rings. The molecule has 0 bridgehead atoms. The summed E-state index contributed by atoms with van der Waals surface area (Å²) >= 11 is 0. The highest BCUT2D eigenvalue weighted by Gasteiger charge is 2.16. The molecule has 0 saturated carbocycles. The van der Waals surface area contributed by atoms with E-state index in [9.17, 15) is 4.79 Å². The van der Waals surface area contributed by atoms with Crippen LogP contribution in [0.5, 0.6) is 0 Å². The first-order valence-corrected chi connectivity index (χ1v) is 2.20. The van der Waals surface area contributed by atoms with Gasteiger partial charge < -0.3 is 5.73 Å². The Labute approximate surface area is 45.2 Å². The van der Waals surface area contributed by atoms with Crippen molar-refractivity contribution in [1.82, 2.24) is 0 Å². The van der Waals surface area contributed by atoms with Crippen LogP contribution in [-0.4, -0.2) is 5.91 Å². The smallest absolute Gasteiger partial charge is 0.222 e. The fraction of sp³-hybridized carbons (Fsp3) is 0.800. The first-order valence-electron chi connectivity index (χ1n) is 2.70. The van der Waals surface area contributed by atoms with Gasteiger partial charge in [-0.15, -0.1) is 0 Å². The van der Waals surface area contributed by atoms with Gasteiger partial charge in [0.1, 0.15) is 0 Å². The average Bonchev–Trinajstić information content (AvgIpc) is 1.62. The van der Waals surface area contributed by atoms with E-state index in [4.69, 9.17) is 1.41 Å². The van der Waals surface area contributed by atoms with Gasteiger partial charge in [-0.1, -0.05) is 20.8 Å². The zero-order valence-corrected chi connectivity index (χ0v) is 4.91. The van der Waals surface area contributed by atoms with Crippen molar-refractivity contribution in [2.75, 3.05) is 0 Å². The second kappa shape index (κ2) is 1.52. The molecule has 42 valence electrons. The Kier molecular flexibility index (Phi) is 1.01. The van der Waals surface area contributed by atoms with Gasteiger partial charge in [-0.25, -0.2) is 0 Å². The molecule has 0 unspecified atom stereocenters. The molecular formula is C5H11NO. The Bertz CT molecular complexity index is 95.1. The average molecular weight is 102 g/mol. The van der Waals surface area contributed by atoms with Crippen LogP contribution in [0, 0.1) is 5.41 Å². The van der Waals surface area contributed by atoms with Crippen LogP contribution in [0.4, 0.5) is 0 Å². The molecule has 0 aliphatic rings. The number of carbonyl (C=O) groups is 1. The van der Waals surface area contributed by atoms with Crippen molar-refractivity contribution < 1.29 is 6.21 Å². The summed E-state index contributed by atoms with van der Waals surface area (Å²) in [6, 6.07) is 0. The molecule has 0 rings (SSSR count). The van der Waals surface area contributed by atoms with E-state index in [0.29, 0.717) is 0 Å². The molecule has 0 saturated heterocycles. The number of carbonyl (C=O) groups excluding carboxylic acids is 1. The molecule has 7 heavy (non-hydrogen) atoms. The van der Waals surface area contributed by atoms with E-state index >= 15 is 0 Å². The van der Waals surface area contributed by atoms with Gasteiger partial charge >= 0.3 is 0 Å². The Morgan fingerprint density at radius 3 is 2.14 bits per heavy atom. The number of hydrogen-bond acceptors (Lipinski definition) is 1. The molecule has 0 radical (unpaired) electrons. The van der Waals surface area contributed by atoms with Crippen LogP contribution in [0.25, 0.3) is 0 Å². The topological polar surface area (TPSA) is 43.1 Å². The normalized spacial score (nSPS) is 12.7. The van der Waals surface area contributed by atoms with Crippen LogP contribution in [-0.2, 0) is 4.79 Å². The molecular weight excluding hydrogens is 90.1 g/mol. The molecule has 0 aromatic heterocycles. The van der Waals surface area contributed by atoms with Crippen molar-refractivity contribution in [2.45, 2.75) is 20.8 Å². The maximum atomic E-state index is 10.5. The summed E-state index contributed by atoms with van der Waals surface area (Å²) < 4.78 is 6.46. The van der Waals surface area contributed by atoms with Crippen molar-refractivity contribution in [3.05, 3.63) is 0 Å². The molecule has 0 heterocycles. The van der Waals surface area contributed by atoms with Crippen molar-refractivity contribution in [3.63, 3.8) is 0 Å². The number of nitrogens with two attached hydrogens (primary N) is 1. The zero-order valence-electron chi connectivity index (χ0n) is 5.91. The summed E-state index contributed by atoms with van der Waals surface area (Å²) in [6.07, 6.45) is 0. The summed E-state index contributed by atoms with van der Waals surface area (Å²) in [7, 11) is 0. The number of amides is 1. The lowest BCUT2D eigenvalue weighted by molar-refractivity contribution is -0.125. The van der Waals surface area contributed by atoms with Crippen molar-refractivity contribution in [1.29, 1.82) is 0 Å². The SMILES string of the molecule is [2H]NC(=O)C(C)(C)C. The third-order valence-electron chi connectivity index (χ3n) is 0.681. The molecule has 0 atom stereocenters. The Morgan fingerprint density at radius 1 is 1.71 bits per heavy atom. The van der Waals surface area contributed by atoms with E-state index in [1.54, 1.807) is 20.8 Å². The fourth-order valence-electron chi connectivity index (χ4n) is 0. The lowest BCUT2D eigenvalue weighted by Gasteiger charge is -2.10. The third-order valence-corrected chi connectivity index (χ3v) is 0.681. The first-order chi connectivity index (χ1) is 3.48. The van der Waals surface area contributed by atoms with Crippen LogP contribution in [0.2, 0.25) is 1.41 Å². The largest absolute Gasteiger partial charge is 0.369 e.